The minimum absolute atomic E-state index is 0.192. The second-order valence-corrected chi connectivity index (χ2v) is 6.67. The van der Waals surface area contributed by atoms with Crippen LogP contribution in [0.4, 0.5) is 0 Å². The zero-order valence-electron chi connectivity index (χ0n) is 14.6. The predicted molar refractivity (Wildman–Crippen MR) is 104 cm³/mol. The van der Waals surface area contributed by atoms with Crippen LogP contribution in [0.3, 0.4) is 0 Å². The molecule has 0 atom stereocenters. The van der Waals surface area contributed by atoms with Crippen LogP contribution in [0.1, 0.15) is 11.1 Å². The summed E-state index contributed by atoms with van der Waals surface area (Å²) in [7, 11) is 1.89. The third-order valence-corrected chi connectivity index (χ3v) is 4.70. The fourth-order valence-corrected chi connectivity index (χ4v) is 2.98. The Morgan fingerprint density at radius 1 is 1.15 bits per heavy atom. The number of hydrogen-bond acceptors (Lipinski definition) is 5. The van der Waals surface area contributed by atoms with Gasteiger partial charge < -0.3 is 4.57 Å². The molecule has 0 saturated heterocycles. The van der Waals surface area contributed by atoms with Gasteiger partial charge in [0.25, 0.3) is 5.91 Å². The molecule has 3 rings (SSSR count). The van der Waals surface area contributed by atoms with Crippen molar-refractivity contribution in [2.75, 3.05) is 5.75 Å². The van der Waals surface area contributed by atoms with Crippen LogP contribution in [-0.4, -0.2) is 32.6 Å². The van der Waals surface area contributed by atoms with Crippen LogP contribution in [0.25, 0.3) is 11.4 Å². The lowest BCUT2D eigenvalue weighted by Gasteiger charge is -2.03. The smallest absolute Gasteiger partial charge is 0.250 e. The first-order valence-corrected chi connectivity index (χ1v) is 9.08. The first kappa shape index (κ1) is 17.9. The van der Waals surface area contributed by atoms with Crippen molar-refractivity contribution in [1.29, 1.82) is 0 Å². The third kappa shape index (κ3) is 4.58. The van der Waals surface area contributed by atoms with E-state index in [9.17, 15) is 4.79 Å². The van der Waals surface area contributed by atoms with Crippen molar-refractivity contribution in [3.63, 3.8) is 0 Å². The summed E-state index contributed by atoms with van der Waals surface area (Å²) in [5, 5.41) is 13.0. The molecule has 0 saturated carbocycles. The van der Waals surface area contributed by atoms with Gasteiger partial charge in [-0.05, 0) is 12.5 Å². The van der Waals surface area contributed by atoms with Gasteiger partial charge in [-0.1, -0.05) is 71.9 Å². The number of thioether (sulfide) groups is 1. The summed E-state index contributed by atoms with van der Waals surface area (Å²) < 4.78 is 1.88. The van der Waals surface area contributed by atoms with E-state index in [1.807, 2.05) is 73.1 Å². The summed E-state index contributed by atoms with van der Waals surface area (Å²) in [6.45, 7) is 2.02. The number of hydrogen-bond donors (Lipinski definition) is 1. The Morgan fingerprint density at radius 3 is 2.62 bits per heavy atom. The highest BCUT2D eigenvalue weighted by molar-refractivity contribution is 7.99. The maximum Gasteiger partial charge on any atom is 0.250 e. The molecule has 0 aliphatic carbocycles. The normalized spacial score (nSPS) is 11.0. The number of carbonyl (C=O) groups excluding carboxylic acids is 1. The van der Waals surface area contributed by atoms with Crippen LogP contribution in [0.2, 0.25) is 0 Å². The molecule has 1 aromatic heterocycles. The van der Waals surface area contributed by atoms with Crippen molar-refractivity contribution < 1.29 is 4.79 Å². The van der Waals surface area contributed by atoms with Crippen molar-refractivity contribution >= 4 is 23.9 Å². The summed E-state index contributed by atoms with van der Waals surface area (Å²) in [6, 6.07) is 17.7. The minimum atomic E-state index is -0.192. The third-order valence-electron chi connectivity index (χ3n) is 3.68. The number of nitrogens with one attached hydrogen (secondary N) is 1. The van der Waals surface area contributed by atoms with Gasteiger partial charge in [0.05, 0.1) is 12.0 Å². The minimum Gasteiger partial charge on any atom is -0.305 e. The maximum atomic E-state index is 11.9. The van der Waals surface area contributed by atoms with E-state index in [0.717, 1.165) is 17.0 Å². The number of aryl methyl sites for hydroxylation is 1. The average Bonchev–Trinajstić information content (AvgIpc) is 3.03. The molecule has 0 aliphatic rings. The molecule has 0 radical (unpaired) electrons. The first-order chi connectivity index (χ1) is 12.6. The van der Waals surface area contributed by atoms with E-state index in [1.54, 1.807) is 6.21 Å². The van der Waals surface area contributed by atoms with E-state index in [-0.39, 0.29) is 11.7 Å². The number of carbonyl (C=O) groups is 1. The van der Waals surface area contributed by atoms with E-state index in [0.29, 0.717) is 5.16 Å². The van der Waals surface area contributed by atoms with Gasteiger partial charge in [-0.2, -0.15) is 5.10 Å². The number of aromatic nitrogens is 3. The van der Waals surface area contributed by atoms with Crippen LogP contribution in [-0.2, 0) is 11.8 Å². The largest absolute Gasteiger partial charge is 0.305 e. The number of rotatable bonds is 6. The summed E-state index contributed by atoms with van der Waals surface area (Å²) in [4.78, 5) is 11.9. The molecule has 3 aromatic rings. The topological polar surface area (TPSA) is 72.2 Å². The Kier molecular flexibility index (Phi) is 5.80. The van der Waals surface area contributed by atoms with Gasteiger partial charge in [0.1, 0.15) is 0 Å². The molecule has 6 nitrogen and oxygen atoms in total. The fraction of sp³-hybridized carbons (Fsp3) is 0.158. The van der Waals surface area contributed by atoms with Gasteiger partial charge in [0.2, 0.25) is 0 Å². The second-order valence-electron chi connectivity index (χ2n) is 5.72. The fourth-order valence-electron chi connectivity index (χ4n) is 2.27. The van der Waals surface area contributed by atoms with E-state index in [4.69, 9.17) is 0 Å². The molecule has 1 N–H and O–H groups in total. The van der Waals surface area contributed by atoms with Crippen LogP contribution in [0.5, 0.6) is 0 Å². The van der Waals surface area contributed by atoms with Crippen molar-refractivity contribution in [3.05, 3.63) is 65.7 Å². The highest BCUT2D eigenvalue weighted by Crippen LogP contribution is 2.22. The highest BCUT2D eigenvalue weighted by Gasteiger charge is 2.12. The quantitative estimate of drug-likeness (QED) is 0.414. The van der Waals surface area contributed by atoms with E-state index in [1.165, 1.54) is 17.3 Å². The van der Waals surface area contributed by atoms with Gasteiger partial charge in [-0.3, -0.25) is 4.79 Å². The van der Waals surface area contributed by atoms with Gasteiger partial charge in [-0.15, -0.1) is 10.2 Å². The van der Waals surface area contributed by atoms with Gasteiger partial charge in [-0.25, -0.2) is 5.43 Å². The predicted octanol–water partition coefficient (Wildman–Crippen LogP) is 3.03. The van der Waals surface area contributed by atoms with Gasteiger partial charge in [0, 0.05) is 12.6 Å². The van der Waals surface area contributed by atoms with E-state index >= 15 is 0 Å². The number of hydrazone groups is 1. The molecular weight excluding hydrogens is 346 g/mol. The Balaban J connectivity index is 1.53. The zero-order chi connectivity index (χ0) is 18.4. The monoisotopic (exact) mass is 365 g/mol. The Bertz CT molecular complexity index is 903. The first-order valence-electron chi connectivity index (χ1n) is 8.09. The van der Waals surface area contributed by atoms with Crippen LogP contribution in [0.15, 0.2) is 64.9 Å². The molecule has 1 amide bonds. The summed E-state index contributed by atoms with van der Waals surface area (Å²) in [5.41, 5.74) is 5.63. The summed E-state index contributed by atoms with van der Waals surface area (Å²) in [5.74, 6) is 0.792. The van der Waals surface area contributed by atoms with Crippen molar-refractivity contribution in [2.24, 2.45) is 12.1 Å². The standard InChI is InChI=1S/C19H19N5OS/c1-14-8-10-15(11-9-14)12-20-21-17(25)13-26-19-23-22-18(24(19)2)16-6-4-3-5-7-16/h3-12H,13H2,1-2H3,(H,21,25)/b20-12-. The lowest BCUT2D eigenvalue weighted by molar-refractivity contribution is -0.118. The maximum absolute atomic E-state index is 11.9. The van der Waals surface area contributed by atoms with Crippen LogP contribution in [0, 0.1) is 6.92 Å². The van der Waals surface area contributed by atoms with Crippen LogP contribution < -0.4 is 5.43 Å². The molecule has 0 spiro atoms. The zero-order valence-corrected chi connectivity index (χ0v) is 15.4. The van der Waals surface area contributed by atoms with Crippen molar-refractivity contribution in [1.82, 2.24) is 20.2 Å². The molecule has 0 bridgehead atoms. The van der Waals surface area contributed by atoms with Crippen molar-refractivity contribution in [3.8, 4) is 11.4 Å². The van der Waals surface area contributed by atoms with Gasteiger partial charge in [0.15, 0.2) is 11.0 Å². The molecule has 2 aromatic carbocycles. The Morgan fingerprint density at radius 2 is 1.88 bits per heavy atom. The summed E-state index contributed by atoms with van der Waals surface area (Å²) in [6.07, 6.45) is 1.62. The van der Waals surface area contributed by atoms with Crippen molar-refractivity contribution in [2.45, 2.75) is 12.1 Å². The SMILES string of the molecule is Cc1ccc(/C=N\NC(=O)CSc2nnc(-c3ccccc3)n2C)cc1. The lowest BCUT2D eigenvalue weighted by atomic mass is 10.2. The van der Waals surface area contributed by atoms with Gasteiger partial charge >= 0.3 is 0 Å². The Labute approximate surface area is 156 Å². The highest BCUT2D eigenvalue weighted by atomic mass is 32.2. The molecule has 26 heavy (non-hydrogen) atoms. The average molecular weight is 365 g/mol. The molecule has 0 aliphatic heterocycles. The molecule has 0 fully saturated rings. The number of nitrogens with zero attached hydrogens (tertiary/aromatic N) is 4. The molecular formula is C19H19N5OS. The van der Waals surface area contributed by atoms with Crippen LogP contribution >= 0.6 is 11.8 Å². The summed E-state index contributed by atoms with van der Waals surface area (Å²) >= 11 is 1.32. The van der Waals surface area contributed by atoms with E-state index < -0.39 is 0 Å². The molecule has 1 heterocycles. The molecule has 132 valence electrons. The number of benzene rings is 2. The molecule has 7 heteroatoms. The second kappa shape index (κ2) is 8.44. The van der Waals surface area contributed by atoms with E-state index in [2.05, 4.69) is 20.7 Å². The lowest BCUT2D eigenvalue weighted by Crippen LogP contribution is -2.19. The number of amides is 1. The Hall–Kier alpha value is -2.93. The molecule has 0 unspecified atom stereocenters.